The molecule has 1 aromatic heterocycles. The van der Waals surface area contributed by atoms with Crippen molar-refractivity contribution in [2.24, 2.45) is 0 Å². The number of aromatic nitrogens is 1. The van der Waals surface area contributed by atoms with Gasteiger partial charge in [-0.2, -0.15) is 0 Å². The van der Waals surface area contributed by atoms with Gasteiger partial charge in [0.05, 0.1) is 17.3 Å². The van der Waals surface area contributed by atoms with E-state index in [1.807, 2.05) is 61.2 Å². The minimum Gasteiger partial charge on any atom is -0.489 e. The Bertz CT molecular complexity index is 996. The highest BCUT2D eigenvalue weighted by molar-refractivity contribution is 5.95. The van der Waals surface area contributed by atoms with Crippen molar-refractivity contribution < 1.29 is 14.1 Å². The molecule has 0 radical (unpaired) electrons. The number of ether oxygens (including phenoxy) is 1. The summed E-state index contributed by atoms with van der Waals surface area (Å²) in [6.07, 6.45) is 0. The molecule has 0 bridgehead atoms. The van der Waals surface area contributed by atoms with E-state index in [-0.39, 0.29) is 11.9 Å². The molecule has 1 amide bonds. The van der Waals surface area contributed by atoms with Crippen molar-refractivity contribution in [2.45, 2.75) is 26.5 Å². The van der Waals surface area contributed by atoms with Crippen LogP contribution in [0.2, 0.25) is 0 Å². The molecule has 1 aliphatic heterocycles. The molecule has 1 aliphatic rings. The van der Waals surface area contributed by atoms with Crippen LogP contribution in [-0.4, -0.2) is 47.5 Å². The van der Waals surface area contributed by atoms with Crippen LogP contribution in [0.25, 0.3) is 0 Å². The number of hydrogen-bond donors (Lipinski definition) is 0. The highest BCUT2D eigenvalue weighted by Gasteiger charge is 2.30. The molecule has 0 spiro atoms. The first-order valence-electron chi connectivity index (χ1n) is 10.2. The first kappa shape index (κ1) is 20.2. The second-order valence-corrected chi connectivity index (χ2v) is 7.81. The van der Waals surface area contributed by atoms with Gasteiger partial charge in [0.2, 0.25) is 0 Å². The molecular formula is C24H27N3O3. The van der Waals surface area contributed by atoms with Crippen LogP contribution < -0.4 is 4.74 Å². The monoisotopic (exact) mass is 405 g/mol. The van der Waals surface area contributed by atoms with Gasteiger partial charge in [-0.25, -0.2) is 0 Å². The summed E-state index contributed by atoms with van der Waals surface area (Å²) in [6.45, 7) is 6.50. The molecule has 6 nitrogen and oxygen atoms in total. The second-order valence-electron chi connectivity index (χ2n) is 7.81. The topological polar surface area (TPSA) is 58.8 Å². The summed E-state index contributed by atoms with van der Waals surface area (Å²) in [5, 5.41) is 3.96. The van der Waals surface area contributed by atoms with Crippen molar-refractivity contribution in [1.29, 1.82) is 0 Å². The standard InChI is InChI=1S/C24H27N3O3/c1-17-22(18(2)30-25-17)16-29-21-11-7-10-20(14-21)24(28)27-13-12-26(3)15-23(27)19-8-5-4-6-9-19/h4-11,14,23H,12-13,15-16H2,1-3H3. The Balaban J connectivity index is 1.53. The number of aryl methyl sites for hydroxylation is 2. The van der Waals surface area contributed by atoms with E-state index >= 15 is 0 Å². The largest absolute Gasteiger partial charge is 0.489 e. The lowest BCUT2D eigenvalue weighted by Gasteiger charge is -2.40. The highest BCUT2D eigenvalue weighted by Crippen LogP contribution is 2.27. The molecule has 4 rings (SSSR count). The van der Waals surface area contributed by atoms with E-state index in [0.717, 1.165) is 35.7 Å². The molecule has 30 heavy (non-hydrogen) atoms. The molecule has 0 aliphatic carbocycles. The lowest BCUT2D eigenvalue weighted by molar-refractivity contribution is 0.0497. The zero-order valence-electron chi connectivity index (χ0n) is 17.7. The average molecular weight is 405 g/mol. The van der Waals surface area contributed by atoms with Crippen LogP contribution >= 0.6 is 0 Å². The summed E-state index contributed by atoms with van der Waals surface area (Å²) >= 11 is 0. The van der Waals surface area contributed by atoms with Gasteiger partial charge in [-0.05, 0) is 44.7 Å². The van der Waals surface area contributed by atoms with Crippen LogP contribution in [-0.2, 0) is 6.61 Å². The number of piperazine rings is 1. The number of nitrogens with zero attached hydrogens (tertiary/aromatic N) is 3. The third-order valence-corrected chi connectivity index (χ3v) is 5.67. The third-order valence-electron chi connectivity index (χ3n) is 5.67. The van der Waals surface area contributed by atoms with Gasteiger partial charge in [-0.15, -0.1) is 0 Å². The minimum atomic E-state index is 0.0275. The lowest BCUT2D eigenvalue weighted by Crippen LogP contribution is -2.49. The fourth-order valence-corrected chi connectivity index (χ4v) is 3.87. The summed E-state index contributed by atoms with van der Waals surface area (Å²) in [6, 6.07) is 17.7. The first-order valence-corrected chi connectivity index (χ1v) is 10.2. The van der Waals surface area contributed by atoms with E-state index in [9.17, 15) is 4.79 Å². The maximum absolute atomic E-state index is 13.4. The van der Waals surface area contributed by atoms with Crippen LogP contribution in [0.15, 0.2) is 59.1 Å². The Labute approximate surface area is 177 Å². The lowest BCUT2D eigenvalue weighted by atomic mass is 10.0. The van der Waals surface area contributed by atoms with Crippen LogP contribution in [0.4, 0.5) is 0 Å². The molecule has 6 heteroatoms. The second kappa shape index (κ2) is 8.71. The maximum Gasteiger partial charge on any atom is 0.254 e. The van der Waals surface area contributed by atoms with Crippen molar-refractivity contribution >= 4 is 5.91 Å². The summed E-state index contributed by atoms with van der Waals surface area (Å²) in [7, 11) is 2.10. The molecule has 0 saturated carbocycles. The van der Waals surface area contributed by atoms with Gasteiger partial charge in [0.25, 0.3) is 5.91 Å². The minimum absolute atomic E-state index is 0.0275. The Morgan fingerprint density at radius 1 is 1.13 bits per heavy atom. The predicted octanol–water partition coefficient (Wildman–Crippen LogP) is 4.00. The highest BCUT2D eigenvalue weighted by atomic mass is 16.5. The molecule has 1 fully saturated rings. The number of benzene rings is 2. The number of likely N-dealkylation sites (N-methyl/N-ethyl adjacent to an activating group) is 1. The summed E-state index contributed by atoms with van der Waals surface area (Å²) in [5.74, 6) is 1.44. The van der Waals surface area contributed by atoms with Crippen molar-refractivity contribution in [3.8, 4) is 5.75 Å². The molecular weight excluding hydrogens is 378 g/mol. The molecule has 1 atom stereocenters. The summed E-state index contributed by atoms with van der Waals surface area (Å²) < 4.78 is 11.1. The first-order chi connectivity index (χ1) is 14.5. The molecule has 2 heterocycles. The molecule has 1 saturated heterocycles. The normalized spacial score (nSPS) is 17.2. The molecule has 2 aromatic carbocycles. The van der Waals surface area contributed by atoms with Gasteiger partial charge in [0, 0.05) is 25.2 Å². The molecule has 1 unspecified atom stereocenters. The zero-order valence-corrected chi connectivity index (χ0v) is 17.7. The summed E-state index contributed by atoms with van der Waals surface area (Å²) in [5.41, 5.74) is 3.55. The van der Waals surface area contributed by atoms with Crippen molar-refractivity contribution in [1.82, 2.24) is 15.0 Å². The van der Waals surface area contributed by atoms with E-state index in [1.165, 1.54) is 0 Å². The van der Waals surface area contributed by atoms with E-state index < -0.39 is 0 Å². The number of rotatable bonds is 5. The Hall–Kier alpha value is -3.12. The van der Waals surface area contributed by atoms with Gasteiger partial charge in [-0.1, -0.05) is 41.6 Å². The number of hydrogen-bond acceptors (Lipinski definition) is 5. The number of amides is 1. The quantitative estimate of drug-likeness (QED) is 0.642. The zero-order chi connectivity index (χ0) is 21.1. The smallest absolute Gasteiger partial charge is 0.254 e. The number of carbonyl (C=O) groups is 1. The van der Waals surface area contributed by atoms with Crippen molar-refractivity contribution in [3.05, 3.63) is 82.7 Å². The fourth-order valence-electron chi connectivity index (χ4n) is 3.87. The Kier molecular flexibility index (Phi) is 5.86. The van der Waals surface area contributed by atoms with Gasteiger partial charge in [0.1, 0.15) is 18.1 Å². The molecule has 156 valence electrons. The number of carbonyl (C=O) groups excluding carboxylic acids is 1. The van der Waals surface area contributed by atoms with E-state index in [0.29, 0.717) is 24.5 Å². The van der Waals surface area contributed by atoms with Gasteiger partial charge in [-0.3, -0.25) is 4.79 Å². The van der Waals surface area contributed by atoms with Gasteiger partial charge in [0.15, 0.2) is 0 Å². The third kappa shape index (κ3) is 4.24. The van der Waals surface area contributed by atoms with Crippen LogP contribution in [0.3, 0.4) is 0 Å². The maximum atomic E-state index is 13.4. The molecule has 3 aromatic rings. The SMILES string of the molecule is Cc1noc(C)c1COc1cccc(C(=O)N2CCN(C)CC2c2ccccc2)c1. The van der Waals surface area contributed by atoms with Crippen molar-refractivity contribution in [2.75, 3.05) is 26.7 Å². The van der Waals surface area contributed by atoms with E-state index in [1.54, 1.807) is 0 Å². The fraction of sp³-hybridized carbons (Fsp3) is 0.333. The predicted molar refractivity (Wildman–Crippen MR) is 114 cm³/mol. The summed E-state index contributed by atoms with van der Waals surface area (Å²) in [4.78, 5) is 17.7. The average Bonchev–Trinajstić information content (AvgIpc) is 3.10. The Morgan fingerprint density at radius 3 is 2.67 bits per heavy atom. The van der Waals surface area contributed by atoms with Crippen LogP contribution in [0, 0.1) is 13.8 Å². The van der Waals surface area contributed by atoms with Crippen molar-refractivity contribution in [3.63, 3.8) is 0 Å². The van der Waals surface area contributed by atoms with Gasteiger partial charge < -0.3 is 19.1 Å². The van der Waals surface area contributed by atoms with E-state index in [4.69, 9.17) is 9.26 Å². The van der Waals surface area contributed by atoms with Crippen LogP contribution in [0.5, 0.6) is 5.75 Å². The van der Waals surface area contributed by atoms with E-state index in [2.05, 4.69) is 29.2 Å². The van der Waals surface area contributed by atoms with Gasteiger partial charge >= 0.3 is 0 Å². The molecule has 0 N–H and O–H groups in total. The Morgan fingerprint density at radius 2 is 1.93 bits per heavy atom. The van der Waals surface area contributed by atoms with Crippen LogP contribution in [0.1, 0.15) is 39.0 Å².